The zero-order valence-corrected chi connectivity index (χ0v) is 20.8. The molecule has 0 fully saturated rings. The average Bonchev–Trinajstić information content (AvgIpc) is 2.86. The number of aromatic hydroxyl groups is 1. The molecule has 0 radical (unpaired) electrons. The topological polar surface area (TPSA) is 102 Å². The summed E-state index contributed by atoms with van der Waals surface area (Å²) < 4.78 is 32.9. The van der Waals surface area contributed by atoms with Crippen molar-refractivity contribution in [2.75, 3.05) is 6.54 Å². The van der Waals surface area contributed by atoms with Crippen LogP contribution in [0.25, 0.3) is 0 Å². The highest BCUT2D eigenvalue weighted by Crippen LogP contribution is 2.15. The Kier molecular flexibility index (Phi) is 10.3. The van der Waals surface area contributed by atoms with Gasteiger partial charge in [0.2, 0.25) is 0 Å². The number of benzene rings is 3. The van der Waals surface area contributed by atoms with Crippen molar-refractivity contribution in [1.29, 1.82) is 0 Å². The number of carbonyl (C=O) groups excluding carboxylic acids is 2. The zero-order chi connectivity index (χ0) is 26.8. The molecule has 3 aromatic carbocycles. The lowest BCUT2D eigenvalue weighted by molar-refractivity contribution is -0.149. The van der Waals surface area contributed by atoms with Gasteiger partial charge in [-0.25, -0.2) is 8.78 Å². The van der Waals surface area contributed by atoms with Gasteiger partial charge in [0, 0.05) is 37.2 Å². The number of phenols is 1. The number of carbonyl (C=O) groups is 2. The molecule has 4 N–H and O–H groups in total. The predicted molar refractivity (Wildman–Crippen MR) is 137 cm³/mol. The third-order valence-corrected chi connectivity index (χ3v) is 5.97. The molecule has 0 aliphatic carbocycles. The van der Waals surface area contributed by atoms with Gasteiger partial charge < -0.3 is 20.9 Å². The Balaban J connectivity index is 1.62. The van der Waals surface area contributed by atoms with Crippen molar-refractivity contribution in [2.45, 2.75) is 51.3 Å². The minimum absolute atomic E-state index is 0.0416. The number of nitrogens with one attached hydrogen (secondary N) is 1. The Bertz CT molecular complexity index is 1180. The van der Waals surface area contributed by atoms with Gasteiger partial charge >= 0.3 is 5.97 Å². The summed E-state index contributed by atoms with van der Waals surface area (Å²) in [4.78, 5) is 25.0. The summed E-state index contributed by atoms with van der Waals surface area (Å²) in [6.45, 7) is 2.80. The van der Waals surface area contributed by atoms with Crippen LogP contribution in [0.15, 0.2) is 66.7 Å². The van der Waals surface area contributed by atoms with Gasteiger partial charge in [-0.1, -0.05) is 31.2 Å². The van der Waals surface area contributed by atoms with E-state index in [0.717, 1.165) is 18.1 Å². The third-order valence-electron chi connectivity index (χ3n) is 5.97. The van der Waals surface area contributed by atoms with E-state index >= 15 is 0 Å². The summed E-state index contributed by atoms with van der Waals surface area (Å²) in [5, 5.41) is 12.6. The first-order chi connectivity index (χ1) is 17.7. The van der Waals surface area contributed by atoms with E-state index in [0.29, 0.717) is 17.7 Å². The molecule has 2 atom stereocenters. The lowest BCUT2D eigenvalue weighted by Crippen LogP contribution is -2.46. The van der Waals surface area contributed by atoms with E-state index in [4.69, 9.17) is 10.5 Å². The second kappa shape index (κ2) is 13.6. The van der Waals surface area contributed by atoms with Crippen molar-refractivity contribution >= 4 is 11.8 Å². The standard InChI is InChI=1S/C29H32F2N2O4/c1-2-19-4-3-5-20(12-19)17-33-18-28(26(32)15-21-13-23(30)16-24(31)14-21)37-29(36)11-10-27(35)22-6-8-25(34)9-7-22/h3-9,12-14,16,26,28,33-34H,2,10-11,15,17-18,32H2,1H3. The van der Waals surface area contributed by atoms with Gasteiger partial charge in [-0.15, -0.1) is 0 Å². The minimum atomic E-state index is -0.794. The van der Waals surface area contributed by atoms with E-state index in [9.17, 15) is 23.5 Å². The van der Waals surface area contributed by atoms with Crippen molar-refractivity contribution < 1.29 is 28.2 Å². The van der Waals surface area contributed by atoms with E-state index in [-0.39, 0.29) is 37.3 Å². The van der Waals surface area contributed by atoms with Crippen molar-refractivity contribution in [3.8, 4) is 5.75 Å². The molecule has 0 amide bonds. The van der Waals surface area contributed by atoms with Crippen LogP contribution >= 0.6 is 0 Å². The molecule has 3 aromatic rings. The van der Waals surface area contributed by atoms with Gasteiger partial charge in [0.1, 0.15) is 23.5 Å². The van der Waals surface area contributed by atoms with Crippen LogP contribution in [0.2, 0.25) is 0 Å². The normalized spacial score (nSPS) is 12.6. The first kappa shape index (κ1) is 28.0. The van der Waals surface area contributed by atoms with Crippen molar-refractivity contribution in [3.05, 3.63) is 101 Å². The maximum Gasteiger partial charge on any atom is 0.306 e. The molecule has 0 bridgehead atoms. The lowest BCUT2D eigenvalue weighted by atomic mass is 10.0. The first-order valence-corrected chi connectivity index (χ1v) is 12.2. The molecule has 0 heterocycles. The maximum absolute atomic E-state index is 13.7. The van der Waals surface area contributed by atoms with E-state index < -0.39 is 29.7 Å². The fourth-order valence-electron chi connectivity index (χ4n) is 3.97. The SMILES string of the molecule is CCc1cccc(CNCC(OC(=O)CCC(=O)c2ccc(O)cc2)C(N)Cc2cc(F)cc(F)c2)c1. The number of ether oxygens (including phenoxy) is 1. The van der Waals surface area contributed by atoms with Gasteiger partial charge in [0.05, 0.1) is 6.42 Å². The largest absolute Gasteiger partial charge is 0.508 e. The monoisotopic (exact) mass is 510 g/mol. The number of esters is 1. The Labute approximate surface area is 215 Å². The van der Waals surface area contributed by atoms with Crippen LogP contribution in [0.4, 0.5) is 8.78 Å². The Morgan fingerprint density at radius 3 is 2.30 bits per heavy atom. The first-order valence-electron chi connectivity index (χ1n) is 12.2. The van der Waals surface area contributed by atoms with E-state index in [1.54, 1.807) is 0 Å². The number of halogens is 2. The number of Topliss-reactive ketones (excluding diaryl/α,β-unsaturated/α-hetero) is 1. The van der Waals surface area contributed by atoms with Crippen LogP contribution in [0.5, 0.6) is 5.75 Å². The molecule has 0 spiro atoms. The van der Waals surface area contributed by atoms with Crippen LogP contribution in [0.3, 0.4) is 0 Å². The van der Waals surface area contributed by atoms with Crippen LogP contribution < -0.4 is 11.1 Å². The van der Waals surface area contributed by atoms with Crippen LogP contribution in [-0.4, -0.2) is 35.5 Å². The second-order valence-corrected chi connectivity index (χ2v) is 8.95. The smallest absolute Gasteiger partial charge is 0.306 e. The Morgan fingerprint density at radius 1 is 0.946 bits per heavy atom. The van der Waals surface area contributed by atoms with Crippen molar-refractivity contribution in [1.82, 2.24) is 5.32 Å². The summed E-state index contributed by atoms with van der Waals surface area (Å²) in [6, 6.07) is 16.3. The molecule has 0 aromatic heterocycles. The molecule has 3 rings (SSSR count). The van der Waals surface area contributed by atoms with Gasteiger partial charge in [-0.2, -0.15) is 0 Å². The van der Waals surface area contributed by atoms with Gasteiger partial charge in [-0.3, -0.25) is 9.59 Å². The molecule has 0 aliphatic rings. The zero-order valence-electron chi connectivity index (χ0n) is 20.8. The number of ketones is 1. The van der Waals surface area contributed by atoms with E-state index in [1.807, 2.05) is 18.2 Å². The predicted octanol–water partition coefficient (Wildman–Crippen LogP) is 4.47. The third kappa shape index (κ3) is 9.08. The van der Waals surface area contributed by atoms with Gasteiger partial charge in [-0.05, 0) is 65.9 Å². The molecule has 2 unspecified atom stereocenters. The molecule has 0 saturated heterocycles. The van der Waals surface area contributed by atoms with Crippen molar-refractivity contribution in [2.24, 2.45) is 5.73 Å². The summed E-state index contributed by atoms with van der Waals surface area (Å²) >= 11 is 0. The number of hydrogen-bond donors (Lipinski definition) is 3. The Morgan fingerprint density at radius 2 is 1.62 bits per heavy atom. The number of aryl methyl sites for hydroxylation is 1. The quantitative estimate of drug-likeness (QED) is 0.232. The maximum atomic E-state index is 13.7. The highest BCUT2D eigenvalue weighted by Gasteiger charge is 2.23. The minimum Gasteiger partial charge on any atom is -0.508 e. The van der Waals surface area contributed by atoms with Crippen LogP contribution in [0.1, 0.15) is 46.8 Å². The summed E-state index contributed by atoms with van der Waals surface area (Å²) in [5.74, 6) is -2.25. The molecule has 6 nitrogen and oxygen atoms in total. The molecule has 196 valence electrons. The van der Waals surface area contributed by atoms with Crippen molar-refractivity contribution in [3.63, 3.8) is 0 Å². The van der Waals surface area contributed by atoms with Gasteiger partial charge in [0.25, 0.3) is 0 Å². The fourth-order valence-corrected chi connectivity index (χ4v) is 3.97. The number of hydrogen-bond acceptors (Lipinski definition) is 6. The summed E-state index contributed by atoms with van der Waals surface area (Å²) in [5.41, 5.74) is 9.32. The highest BCUT2D eigenvalue weighted by atomic mass is 19.1. The number of phenolic OH excluding ortho intramolecular Hbond substituents is 1. The van der Waals surface area contributed by atoms with Gasteiger partial charge in [0.15, 0.2) is 5.78 Å². The number of nitrogens with two attached hydrogens (primary N) is 1. The van der Waals surface area contributed by atoms with E-state index in [2.05, 4.69) is 18.3 Å². The lowest BCUT2D eigenvalue weighted by Gasteiger charge is -2.25. The summed E-state index contributed by atoms with van der Waals surface area (Å²) in [6.07, 6.45) is -0.0246. The molecule has 37 heavy (non-hydrogen) atoms. The number of rotatable bonds is 13. The van der Waals surface area contributed by atoms with Crippen LogP contribution in [0, 0.1) is 11.6 Å². The average molecular weight is 511 g/mol. The summed E-state index contributed by atoms with van der Waals surface area (Å²) in [7, 11) is 0. The highest BCUT2D eigenvalue weighted by molar-refractivity contribution is 5.97. The molecular weight excluding hydrogens is 478 g/mol. The molecule has 8 heteroatoms. The fraction of sp³-hybridized carbons (Fsp3) is 0.310. The van der Waals surface area contributed by atoms with Crippen LogP contribution in [-0.2, 0) is 28.9 Å². The molecule has 0 saturated carbocycles. The second-order valence-electron chi connectivity index (χ2n) is 8.95. The van der Waals surface area contributed by atoms with E-state index in [1.165, 1.54) is 42.0 Å². The molecular formula is C29H32F2N2O4. The Hall–Kier alpha value is -3.62. The molecule has 0 aliphatic heterocycles.